The first-order valence-electron chi connectivity index (χ1n) is 10.6. The smallest absolute Gasteiger partial charge is 0.273 e. The maximum absolute atomic E-state index is 14.0. The molecule has 2 aromatic carbocycles. The number of morpholine rings is 1. The minimum absolute atomic E-state index is 0.0895. The van der Waals surface area contributed by atoms with E-state index in [1.54, 1.807) is 6.07 Å². The summed E-state index contributed by atoms with van der Waals surface area (Å²) in [5, 5.41) is 0.134. The van der Waals surface area contributed by atoms with E-state index in [1.165, 1.54) is 57.9 Å². The number of rotatable bonds is 5. The number of fused-ring (bicyclic) bond motifs is 1. The fourth-order valence-electron chi connectivity index (χ4n) is 3.79. The van der Waals surface area contributed by atoms with Crippen LogP contribution in [0.5, 0.6) is 0 Å². The predicted octanol–water partition coefficient (Wildman–Crippen LogP) is 2.78. The Labute approximate surface area is 199 Å². The monoisotopic (exact) mass is 499 g/mol. The van der Waals surface area contributed by atoms with Crippen molar-refractivity contribution in [2.45, 2.75) is 4.90 Å². The molecule has 0 aliphatic carbocycles. The zero-order valence-electron chi connectivity index (χ0n) is 18.2. The molecule has 180 valence electrons. The Bertz CT molecular complexity index is 1520. The second-order valence-electron chi connectivity index (χ2n) is 7.79. The van der Waals surface area contributed by atoms with Gasteiger partial charge < -0.3 is 4.74 Å². The van der Waals surface area contributed by atoms with Crippen molar-refractivity contribution in [3.8, 4) is 11.4 Å². The van der Waals surface area contributed by atoms with Crippen molar-refractivity contribution in [3.63, 3.8) is 0 Å². The number of carbonyl (C=O) groups excluding carboxylic acids is 1. The van der Waals surface area contributed by atoms with Crippen LogP contribution in [-0.2, 0) is 14.8 Å². The molecule has 5 rings (SSSR count). The zero-order chi connectivity index (χ0) is 24.6. The van der Waals surface area contributed by atoms with Crippen LogP contribution in [0, 0.1) is 11.6 Å². The molecule has 1 aliphatic rings. The molecular formula is C23H19F2N5O4S. The van der Waals surface area contributed by atoms with E-state index < -0.39 is 27.6 Å². The molecular weight excluding hydrogens is 480 g/mol. The number of aromatic nitrogens is 3. The lowest BCUT2D eigenvalue weighted by atomic mass is 10.2. The second kappa shape index (κ2) is 9.13. The lowest BCUT2D eigenvalue weighted by Gasteiger charge is -2.25. The van der Waals surface area contributed by atoms with Gasteiger partial charge in [-0.2, -0.15) is 4.31 Å². The van der Waals surface area contributed by atoms with Crippen LogP contribution in [0.3, 0.4) is 0 Å². The number of halogens is 2. The van der Waals surface area contributed by atoms with Crippen LogP contribution in [0.15, 0.2) is 66.0 Å². The third kappa shape index (κ3) is 4.50. The maximum Gasteiger partial charge on any atom is 0.273 e. The fraction of sp³-hybridized carbons (Fsp3) is 0.174. The topological polar surface area (TPSA) is 106 Å². The summed E-state index contributed by atoms with van der Waals surface area (Å²) in [7, 11) is -3.97. The van der Waals surface area contributed by atoms with E-state index in [2.05, 4.69) is 15.4 Å². The zero-order valence-corrected chi connectivity index (χ0v) is 19.0. The molecule has 1 amide bonds. The molecule has 0 unspecified atom stereocenters. The molecule has 0 radical (unpaired) electrons. The van der Waals surface area contributed by atoms with Crippen LogP contribution in [0.1, 0.15) is 10.4 Å². The molecule has 9 nitrogen and oxygen atoms in total. The summed E-state index contributed by atoms with van der Waals surface area (Å²) in [5.74, 6) is -1.43. The SMILES string of the molecule is O=C(Nn1cc(S(=O)(=O)N2CCOCC2)c2cc(F)ccc21)c1cnc(-c2cccc(F)c2)nc1. The summed E-state index contributed by atoms with van der Waals surface area (Å²) < 4.78 is 61.7. The van der Waals surface area contributed by atoms with Crippen LogP contribution in [0.2, 0.25) is 0 Å². The van der Waals surface area contributed by atoms with Gasteiger partial charge in [0, 0.05) is 42.6 Å². The quantitative estimate of drug-likeness (QED) is 0.453. The van der Waals surface area contributed by atoms with Gasteiger partial charge in [-0.25, -0.2) is 27.2 Å². The number of nitrogens with zero attached hydrogens (tertiary/aromatic N) is 4. The Morgan fingerprint density at radius 1 is 1.00 bits per heavy atom. The van der Waals surface area contributed by atoms with E-state index >= 15 is 0 Å². The minimum Gasteiger partial charge on any atom is -0.379 e. The van der Waals surface area contributed by atoms with Crippen molar-refractivity contribution in [2.75, 3.05) is 31.7 Å². The minimum atomic E-state index is -3.97. The first-order valence-corrected chi connectivity index (χ1v) is 12.0. The van der Waals surface area contributed by atoms with Crippen molar-refractivity contribution < 1.29 is 26.7 Å². The van der Waals surface area contributed by atoms with E-state index in [4.69, 9.17) is 4.74 Å². The third-order valence-electron chi connectivity index (χ3n) is 5.54. The van der Waals surface area contributed by atoms with Gasteiger partial charge in [-0.05, 0) is 30.3 Å². The Morgan fingerprint density at radius 3 is 2.43 bits per heavy atom. The average Bonchev–Trinajstić information content (AvgIpc) is 3.22. The van der Waals surface area contributed by atoms with Gasteiger partial charge in [0.25, 0.3) is 5.91 Å². The normalized spacial score (nSPS) is 14.8. The predicted molar refractivity (Wildman–Crippen MR) is 123 cm³/mol. The first-order chi connectivity index (χ1) is 16.8. The molecule has 1 aliphatic heterocycles. The molecule has 1 fully saturated rings. The summed E-state index contributed by atoms with van der Waals surface area (Å²) in [4.78, 5) is 21.0. The number of hydrogen-bond acceptors (Lipinski definition) is 6. The average molecular weight is 499 g/mol. The number of hydrogen-bond donors (Lipinski definition) is 1. The van der Waals surface area contributed by atoms with E-state index in [-0.39, 0.29) is 48.0 Å². The molecule has 35 heavy (non-hydrogen) atoms. The summed E-state index contributed by atoms with van der Waals surface area (Å²) in [6.45, 7) is 0.862. The molecule has 12 heteroatoms. The highest BCUT2D eigenvalue weighted by Gasteiger charge is 2.30. The molecule has 0 spiro atoms. The van der Waals surface area contributed by atoms with Crippen LogP contribution in [-0.4, -0.2) is 59.6 Å². The van der Waals surface area contributed by atoms with Crippen LogP contribution in [0.25, 0.3) is 22.3 Å². The van der Waals surface area contributed by atoms with Gasteiger partial charge in [0.05, 0.1) is 24.3 Å². The Balaban J connectivity index is 1.46. The van der Waals surface area contributed by atoms with Crippen molar-refractivity contribution in [3.05, 3.63) is 78.3 Å². The first kappa shape index (κ1) is 23.0. The summed E-state index contributed by atoms with van der Waals surface area (Å²) in [5.41, 5.74) is 3.43. The number of ether oxygens (including phenoxy) is 1. The van der Waals surface area contributed by atoms with Gasteiger partial charge >= 0.3 is 0 Å². The fourth-order valence-corrected chi connectivity index (χ4v) is 5.38. The van der Waals surface area contributed by atoms with Crippen molar-refractivity contribution in [2.24, 2.45) is 0 Å². The van der Waals surface area contributed by atoms with E-state index in [0.717, 1.165) is 6.07 Å². The highest BCUT2D eigenvalue weighted by molar-refractivity contribution is 7.89. The van der Waals surface area contributed by atoms with Crippen molar-refractivity contribution in [1.29, 1.82) is 0 Å². The number of sulfonamides is 1. The number of nitrogens with one attached hydrogen (secondary N) is 1. The highest BCUT2D eigenvalue weighted by Crippen LogP contribution is 2.29. The van der Waals surface area contributed by atoms with E-state index in [1.807, 2.05) is 0 Å². The highest BCUT2D eigenvalue weighted by atomic mass is 32.2. The Morgan fingerprint density at radius 2 is 1.71 bits per heavy atom. The Kier molecular flexibility index (Phi) is 6.01. The number of carbonyl (C=O) groups is 1. The molecule has 1 saturated heterocycles. The van der Waals surface area contributed by atoms with Crippen molar-refractivity contribution in [1.82, 2.24) is 18.9 Å². The van der Waals surface area contributed by atoms with Crippen LogP contribution >= 0.6 is 0 Å². The number of benzene rings is 2. The Hall–Kier alpha value is -3.74. The van der Waals surface area contributed by atoms with Gasteiger partial charge in [-0.15, -0.1) is 0 Å². The van der Waals surface area contributed by atoms with Gasteiger partial charge in [0.1, 0.15) is 16.5 Å². The third-order valence-corrected chi connectivity index (χ3v) is 7.46. The standard InChI is InChI=1S/C23H19F2N5O4S/c24-17-3-1-2-15(10-17)22-26-12-16(13-27-22)23(31)28-30-14-21(19-11-18(25)4-5-20(19)30)35(32,33)29-6-8-34-9-7-29/h1-5,10-14H,6-9H2,(H,28,31). The van der Waals surface area contributed by atoms with E-state index in [0.29, 0.717) is 11.1 Å². The second-order valence-corrected chi connectivity index (χ2v) is 9.69. The largest absolute Gasteiger partial charge is 0.379 e. The summed E-state index contributed by atoms with van der Waals surface area (Å²) >= 11 is 0. The molecule has 0 bridgehead atoms. The van der Waals surface area contributed by atoms with Crippen molar-refractivity contribution >= 4 is 26.8 Å². The maximum atomic E-state index is 14.0. The van der Waals surface area contributed by atoms with Gasteiger partial charge in [-0.1, -0.05) is 12.1 Å². The molecule has 1 N–H and O–H groups in total. The molecule has 2 aromatic heterocycles. The summed E-state index contributed by atoms with van der Waals surface area (Å²) in [6, 6.07) is 9.40. The lowest BCUT2D eigenvalue weighted by Crippen LogP contribution is -2.40. The van der Waals surface area contributed by atoms with Gasteiger partial charge in [0.2, 0.25) is 10.0 Å². The molecule has 0 atom stereocenters. The molecule has 3 heterocycles. The van der Waals surface area contributed by atoms with Crippen LogP contribution in [0.4, 0.5) is 8.78 Å². The van der Waals surface area contributed by atoms with E-state index in [9.17, 15) is 22.0 Å². The number of amides is 1. The van der Waals surface area contributed by atoms with Gasteiger partial charge in [-0.3, -0.25) is 14.9 Å². The van der Waals surface area contributed by atoms with Gasteiger partial charge in [0.15, 0.2) is 5.82 Å². The summed E-state index contributed by atoms with van der Waals surface area (Å²) in [6.07, 6.45) is 3.80. The molecule has 0 saturated carbocycles. The lowest BCUT2D eigenvalue weighted by molar-refractivity contribution is 0.0730. The van der Waals surface area contributed by atoms with Crippen LogP contribution < -0.4 is 5.43 Å². The molecule has 4 aromatic rings.